The Labute approximate surface area is 344 Å². The van der Waals surface area contributed by atoms with Crippen LogP contribution in [0.1, 0.15) is 55.6 Å². The van der Waals surface area contributed by atoms with Crippen molar-refractivity contribution >= 4 is 0 Å². The minimum Gasteiger partial charge on any atom is -0.0622 e. The maximum atomic E-state index is 2.29. The Morgan fingerprint density at radius 1 is 0.190 bits per heavy atom. The summed E-state index contributed by atoms with van der Waals surface area (Å²) in [5, 5.41) is 0. The normalized spacial score (nSPS) is 11.3. The molecular formula is C58H48. The lowest BCUT2D eigenvalue weighted by atomic mass is 9.65. The molecule has 0 unspecified atom stereocenters. The van der Waals surface area contributed by atoms with E-state index in [9.17, 15) is 0 Å². The molecule has 0 saturated heterocycles. The lowest BCUT2D eigenvalue weighted by Gasteiger charge is -2.37. The minimum atomic E-state index is -0.393. The van der Waals surface area contributed by atoms with Gasteiger partial charge in [0.05, 0.1) is 10.8 Å². The van der Waals surface area contributed by atoms with Crippen molar-refractivity contribution in [2.75, 3.05) is 0 Å². The van der Waals surface area contributed by atoms with E-state index in [-0.39, 0.29) is 5.41 Å². The van der Waals surface area contributed by atoms with Crippen molar-refractivity contribution in [1.82, 2.24) is 0 Å². The summed E-state index contributed by atoms with van der Waals surface area (Å²) in [6.07, 6.45) is 0. The number of aryl methyl sites for hydroxylation is 2. The fourth-order valence-electron chi connectivity index (χ4n) is 8.59. The first-order chi connectivity index (χ1) is 28.6. The molecule has 0 heterocycles. The zero-order valence-electron chi connectivity index (χ0n) is 33.2. The fourth-order valence-corrected chi connectivity index (χ4v) is 8.59. The Hall–Kier alpha value is -7.02. The average Bonchev–Trinajstić information content (AvgIpc) is 3.30. The molecule has 0 aliphatic rings. The van der Waals surface area contributed by atoms with E-state index in [0.717, 1.165) is 0 Å². The van der Waals surface area contributed by atoms with Crippen molar-refractivity contribution in [1.29, 1.82) is 0 Å². The van der Waals surface area contributed by atoms with Gasteiger partial charge in [0, 0.05) is 0 Å². The summed E-state index contributed by atoms with van der Waals surface area (Å²) < 4.78 is 0. The lowest BCUT2D eigenvalue weighted by molar-refractivity contribution is 0.745. The molecule has 0 aromatic heterocycles. The second kappa shape index (κ2) is 17.4. The van der Waals surface area contributed by atoms with Crippen LogP contribution in [-0.4, -0.2) is 0 Å². The number of rotatable bonds is 9. The van der Waals surface area contributed by atoms with Gasteiger partial charge in [-0.05, 0) is 69.5 Å². The molecule has 280 valence electrons. The Bertz CT molecular complexity index is 2400. The zero-order chi connectivity index (χ0) is 39.6. The van der Waals surface area contributed by atoms with Crippen molar-refractivity contribution < 1.29 is 0 Å². The van der Waals surface area contributed by atoms with Crippen LogP contribution in [0.4, 0.5) is 0 Å². The third kappa shape index (κ3) is 7.46. The van der Waals surface area contributed by atoms with Crippen LogP contribution in [0.2, 0.25) is 0 Å². The van der Waals surface area contributed by atoms with Gasteiger partial charge in [-0.2, -0.15) is 0 Å². The Morgan fingerprint density at radius 3 is 0.603 bits per heavy atom. The molecule has 0 fully saturated rings. The minimum absolute atomic E-state index is 0.336. The van der Waals surface area contributed by atoms with E-state index in [0.29, 0.717) is 0 Å². The summed E-state index contributed by atoms with van der Waals surface area (Å²) in [7, 11) is 0. The van der Waals surface area contributed by atoms with Crippen molar-refractivity contribution in [3.05, 3.63) is 310 Å². The molecule has 9 rings (SSSR count). The highest BCUT2D eigenvalue weighted by Gasteiger charge is 2.39. The molecule has 9 aromatic rings. The van der Waals surface area contributed by atoms with E-state index in [1.807, 2.05) is 0 Å². The molecule has 0 heteroatoms. The van der Waals surface area contributed by atoms with E-state index in [1.165, 1.54) is 66.8 Å². The molecule has 0 aliphatic carbocycles. The molecule has 0 spiro atoms. The first-order valence-corrected chi connectivity index (χ1v) is 20.2. The number of hydrogen-bond donors (Lipinski definition) is 0. The second-order valence-electron chi connectivity index (χ2n) is 15.0. The van der Waals surface area contributed by atoms with Crippen molar-refractivity contribution in [3.63, 3.8) is 0 Å². The summed E-state index contributed by atoms with van der Waals surface area (Å²) in [4.78, 5) is 0. The van der Waals surface area contributed by atoms with Gasteiger partial charge in [0.25, 0.3) is 0 Å². The Morgan fingerprint density at radius 2 is 0.362 bits per heavy atom. The molecule has 0 N–H and O–H groups in total. The van der Waals surface area contributed by atoms with Crippen LogP contribution >= 0.6 is 0 Å². The third-order valence-corrected chi connectivity index (χ3v) is 11.4. The van der Waals surface area contributed by atoms with Gasteiger partial charge in [-0.1, -0.05) is 266 Å². The third-order valence-electron chi connectivity index (χ3n) is 11.4. The van der Waals surface area contributed by atoms with E-state index in [1.54, 1.807) is 0 Å². The Kier molecular flexibility index (Phi) is 11.4. The predicted molar refractivity (Wildman–Crippen MR) is 244 cm³/mol. The molecular weight excluding hydrogens is 697 g/mol. The first-order valence-electron chi connectivity index (χ1n) is 20.2. The molecule has 0 radical (unpaired) electrons. The van der Waals surface area contributed by atoms with E-state index >= 15 is 0 Å². The fraction of sp³-hybridized carbons (Fsp3) is 0.0690. The first kappa shape index (κ1) is 37.9. The maximum absolute atomic E-state index is 2.29. The van der Waals surface area contributed by atoms with Gasteiger partial charge < -0.3 is 0 Å². The smallest absolute Gasteiger partial charge is 0.0622 e. The van der Waals surface area contributed by atoms with Gasteiger partial charge >= 0.3 is 0 Å². The molecule has 0 nitrogen and oxygen atoms in total. The topological polar surface area (TPSA) is 0 Å². The summed E-state index contributed by atoms with van der Waals surface area (Å²) in [6, 6.07) is 91.8. The van der Waals surface area contributed by atoms with Crippen molar-refractivity contribution in [2.24, 2.45) is 0 Å². The number of hydrogen-bond acceptors (Lipinski definition) is 0. The summed E-state index contributed by atoms with van der Waals surface area (Å²) in [5.41, 5.74) is 14.5. The zero-order valence-corrected chi connectivity index (χ0v) is 33.2. The van der Waals surface area contributed by atoms with Crippen molar-refractivity contribution in [3.8, 4) is 11.1 Å². The highest BCUT2D eigenvalue weighted by molar-refractivity contribution is 5.67. The largest absolute Gasteiger partial charge is 0.0701 e. The summed E-state index contributed by atoms with van der Waals surface area (Å²) in [5.74, 6) is 0. The highest BCUT2D eigenvalue weighted by Crippen LogP contribution is 2.46. The molecule has 0 amide bonds. The van der Waals surface area contributed by atoms with Gasteiger partial charge in [0.15, 0.2) is 0 Å². The monoisotopic (exact) mass is 744 g/mol. The molecule has 0 bridgehead atoms. The Balaban J connectivity index is 0.000000165. The van der Waals surface area contributed by atoms with Gasteiger partial charge in [-0.25, -0.2) is 0 Å². The predicted octanol–water partition coefficient (Wildman–Crippen LogP) is 14.4. The van der Waals surface area contributed by atoms with Crippen LogP contribution in [0, 0.1) is 13.8 Å². The molecule has 0 aliphatic heterocycles. The van der Waals surface area contributed by atoms with Gasteiger partial charge in [-0.15, -0.1) is 0 Å². The molecule has 58 heavy (non-hydrogen) atoms. The lowest BCUT2D eigenvalue weighted by Crippen LogP contribution is -2.30. The van der Waals surface area contributed by atoms with Crippen LogP contribution in [0.25, 0.3) is 11.1 Å². The van der Waals surface area contributed by atoms with E-state index in [4.69, 9.17) is 0 Å². The highest BCUT2D eigenvalue weighted by atomic mass is 14.4. The van der Waals surface area contributed by atoms with Gasteiger partial charge in [0.1, 0.15) is 0 Å². The summed E-state index contributed by atoms with van der Waals surface area (Å²) in [6.45, 7) is 4.26. The van der Waals surface area contributed by atoms with E-state index in [2.05, 4.69) is 269 Å². The van der Waals surface area contributed by atoms with Gasteiger partial charge in [-0.3, -0.25) is 0 Å². The summed E-state index contributed by atoms with van der Waals surface area (Å²) >= 11 is 0. The van der Waals surface area contributed by atoms with E-state index < -0.39 is 5.41 Å². The second-order valence-corrected chi connectivity index (χ2v) is 15.0. The maximum Gasteiger partial charge on any atom is 0.0701 e. The van der Waals surface area contributed by atoms with Crippen LogP contribution in [0.3, 0.4) is 0 Å². The van der Waals surface area contributed by atoms with Crippen LogP contribution in [-0.2, 0) is 10.8 Å². The standard InChI is InChI=1S/C32H26.C26H22/c1-25-17-19-26(20-18-25)27-21-23-31(24-22-27)32(28-11-5-2-6-12-28,29-13-7-3-8-14-29)30-15-9-4-10-16-30;1-21-17-19-25(20-18-21)26(22-11-5-2-6-12-22,23-13-7-3-8-14-23)24-15-9-4-10-16-24/h2-24H,1H3;2-20H,1H3. The quantitative estimate of drug-likeness (QED) is 0.129. The van der Waals surface area contributed by atoms with Crippen LogP contribution < -0.4 is 0 Å². The average molecular weight is 745 g/mol. The van der Waals surface area contributed by atoms with Gasteiger partial charge in [0.2, 0.25) is 0 Å². The SMILES string of the molecule is Cc1ccc(-c2ccc(C(c3ccccc3)(c3ccccc3)c3ccccc3)cc2)cc1.Cc1ccc(C(c2ccccc2)(c2ccccc2)c2ccccc2)cc1. The molecule has 0 atom stereocenters. The number of benzene rings is 9. The van der Waals surface area contributed by atoms with Crippen molar-refractivity contribution in [2.45, 2.75) is 24.7 Å². The molecule has 0 saturated carbocycles. The van der Waals surface area contributed by atoms with Crippen LogP contribution in [0.15, 0.2) is 255 Å². The molecule has 9 aromatic carbocycles. The van der Waals surface area contributed by atoms with Crippen LogP contribution in [0.5, 0.6) is 0 Å².